The molecule has 1 unspecified atom stereocenters. The number of aromatic nitrogens is 1. The van der Waals surface area contributed by atoms with Crippen molar-refractivity contribution in [3.8, 4) is 0 Å². The zero-order valence-corrected chi connectivity index (χ0v) is 8.81. The predicted octanol–water partition coefficient (Wildman–Crippen LogP) is 2.74. The fourth-order valence-electron chi connectivity index (χ4n) is 1.63. The molecule has 1 saturated carbocycles. The van der Waals surface area contributed by atoms with Crippen molar-refractivity contribution in [2.75, 3.05) is 0 Å². The number of nitrogens with one attached hydrogen (secondary N) is 1. The molecular weight excluding hydrogens is 180 g/mol. The standard InChI is InChI=1S/C10H16N2S/c1-2-9(10-11-6-7-13-10)12-8-4-3-5-8/h6-9,12H,2-5H2,1H3. The van der Waals surface area contributed by atoms with Crippen molar-refractivity contribution in [1.29, 1.82) is 0 Å². The zero-order valence-electron chi connectivity index (χ0n) is 7.99. The molecule has 0 saturated heterocycles. The minimum absolute atomic E-state index is 0.491. The van der Waals surface area contributed by atoms with E-state index < -0.39 is 0 Å². The van der Waals surface area contributed by atoms with Crippen molar-refractivity contribution < 1.29 is 0 Å². The van der Waals surface area contributed by atoms with E-state index in [1.165, 1.54) is 24.3 Å². The lowest BCUT2D eigenvalue weighted by Gasteiger charge is -2.30. The van der Waals surface area contributed by atoms with E-state index in [0.29, 0.717) is 6.04 Å². The molecule has 13 heavy (non-hydrogen) atoms. The predicted molar refractivity (Wildman–Crippen MR) is 55.9 cm³/mol. The fourth-order valence-corrected chi connectivity index (χ4v) is 2.41. The number of thiazole rings is 1. The molecule has 1 heterocycles. The average molecular weight is 196 g/mol. The summed E-state index contributed by atoms with van der Waals surface area (Å²) in [5, 5.41) is 6.95. The van der Waals surface area contributed by atoms with E-state index in [4.69, 9.17) is 0 Å². The summed E-state index contributed by atoms with van der Waals surface area (Å²) < 4.78 is 0. The smallest absolute Gasteiger partial charge is 0.109 e. The van der Waals surface area contributed by atoms with E-state index in [-0.39, 0.29) is 0 Å². The summed E-state index contributed by atoms with van der Waals surface area (Å²) >= 11 is 1.76. The number of hydrogen-bond acceptors (Lipinski definition) is 3. The Morgan fingerprint density at radius 1 is 1.69 bits per heavy atom. The number of rotatable bonds is 4. The van der Waals surface area contributed by atoms with Crippen LogP contribution in [0.1, 0.15) is 43.7 Å². The lowest BCUT2D eigenvalue weighted by molar-refractivity contribution is 0.301. The first-order chi connectivity index (χ1) is 6.40. The molecule has 72 valence electrons. The molecule has 1 N–H and O–H groups in total. The Labute approximate surface area is 83.4 Å². The number of hydrogen-bond donors (Lipinski definition) is 1. The van der Waals surface area contributed by atoms with Gasteiger partial charge in [0.25, 0.3) is 0 Å². The second kappa shape index (κ2) is 4.20. The van der Waals surface area contributed by atoms with Crippen molar-refractivity contribution >= 4 is 11.3 Å². The second-order valence-electron chi connectivity index (χ2n) is 3.63. The van der Waals surface area contributed by atoms with Gasteiger partial charge in [-0.25, -0.2) is 4.98 Å². The van der Waals surface area contributed by atoms with E-state index in [9.17, 15) is 0 Å². The lowest BCUT2D eigenvalue weighted by atomic mass is 9.92. The van der Waals surface area contributed by atoms with Crippen molar-refractivity contribution in [2.24, 2.45) is 0 Å². The molecule has 2 nitrogen and oxygen atoms in total. The van der Waals surface area contributed by atoms with Crippen LogP contribution >= 0.6 is 11.3 Å². The summed E-state index contributed by atoms with van der Waals surface area (Å²) in [5.41, 5.74) is 0. The van der Waals surface area contributed by atoms with Crippen LogP contribution in [-0.4, -0.2) is 11.0 Å². The summed E-state index contributed by atoms with van der Waals surface area (Å²) in [7, 11) is 0. The van der Waals surface area contributed by atoms with Crippen molar-refractivity contribution in [2.45, 2.75) is 44.7 Å². The van der Waals surface area contributed by atoms with Gasteiger partial charge in [0.05, 0.1) is 6.04 Å². The Bertz CT molecular complexity index is 241. The van der Waals surface area contributed by atoms with Gasteiger partial charge in [-0.2, -0.15) is 0 Å². The SMILES string of the molecule is CCC(NC1CCC1)c1nccs1. The highest BCUT2D eigenvalue weighted by Crippen LogP contribution is 2.25. The summed E-state index contributed by atoms with van der Waals surface area (Å²) in [6.45, 7) is 2.22. The van der Waals surface area contributed by atoms with Gasteiger partial charge in [0, 0.05) is 17.6 Å². The van der Waals surface area contributed by atoms with Crippen LogP contribution in [0.2, 0.25) is 0 Å². The Kier molecular flexibility index (Phi) is 2.96. The molecule has 1 fully saturated rings. The van der Waals surface area contributed by atoms with Gasteiger partial charge in [-0.15, -0.1) is 11.3 Å². The molecule has 0 amide bonds. The van der Waals surface area contributed by atoms with Crippen molar-refractivity contribution in [3.05, 3.63) is 16.6 Å². The normalized spacial score (nSPS) is 19.8. The first-order valence-corrected chi connectivity index (χ1v) is 5.93. The first kappa shape index (κ1) is 9.16. The highest BCUT2D eigenvalue weighted by atomic mass is 32.1. The first-order valence-electron chi connectivity index (χ1n) is 5.05. The lowest BCUT2D eigenvalue weighted by Crippen LogP contribution is -2.37. The minimum Gasteiger partial charge on any atom is -0.305 e. The maximum atomic E-state index is 4.35. The van der Waals surface area contributed by atoms with Crippen LogP contribution in [-0.2, 0) is 0 Å². The Balaban J connectivity index is 1.92. The van der Waals surface area contributed by atoms with E-state index in [2.05, 4.69) is 22.6 Å². The van der Waals surface area contributed by atoms with Crippen LogP contribution in [0.4, 0.5) is 0 Å². The van der Waals surface area contributed by atoms with Gasteiger partial charge in [0.2, 0.25) is 0 Å². The Morgan fingerprint density at radius 3 is 3.00 bits per heavy atom. The highest BCUT2D eigenvalue weighted by Gasteiger charge is 2.21. The number of nitrogens with zero attached hydrogens (tertiary/aromatic N) is 1. The molecule has 0 bridgehead atoms. The second-order valence-corrected chi connectivity index (χ2v) is 4.55. The summed E-state index contributed by atoms with van der Waals surface area (Å²) in [4.78, 5) is 4.35. The van der Waals surface area contributed by atoms with Gasteiger partial charge in [-0.1, -0.05) is 13.3 Å². The van der Waals surface area contributed by atoms with Crippen LogP contribution < -0.4 is 5.32 Å². The van der Waals surface area contributed by atoms with Crippen LogP contribution in [0.25, 0.3) is 0 Å². The van der Waals surface area contributed by atoms with Gasteiger partial charge in [0.1, 0.15) is 5.01 Å². The molecule has 1 aromatic heterocycles. The monoisotopic (exact) mass is 196 g/mol. The van der Waals surface area contributed by atoms with Gasteiger partial charge in [-0.05, 0) is 19.3 Å². The van der Waals surface area contributed by atoms with Gasteiger partial charge in [-0.3, -0.25) is 0 Å². The van der Waals surface area contributed by atoms with Gasteiger partial charge < -0.3 is 5.32 Å². The largest absolute Gasteiger partial charge is 0.305 e. The van der Waals surface area contributed by atoms with Crippen molar-refractivity contribution in [3.63, 3.8) is 0 Å². The zero-order chi connectivity index (χ0) is 9.10. The van der Waals surface area contributed by atoms with E-state index in [1.807, 2.05) is 6.20 Å². The molecule has 0 spiro atoms. The van der Waals surface area contributed by atoms with Gasteiger partial charge >= 0.3 is 0 Å². The molecule has 1 aliphatic rings. The summed E-state index contributed by atoms with van der Waals surface area (Å²) in [6.07, 6.45) is 7.13. The summed E-state index contributed by atoms with van der Waals surface area (Å²) in [5.74, 6) is 0. The van der Waals surface area contributed by atoms with E-state index >= 15 is 0 Å². The molecule has 3 heteroatoms. The molecule has 0 aliphatic heterocycles. The Morgan fingerprint density at radius 2 is 2.54 bits per heavy atom. The van der Waals surface area contributed by atoms with E-state index in [1.54, 1.807) is 11.3 Å². The third-order valence-electron chi connectivity index (χ3n) is 2.70. The minimum atomic E-state index is 0.491. The van der Waals surface area contributed by atoms with Gasteiger partial charge in [0.15, 0.2) is 0 Å². The van der Waals surface area contributed by atoms with Crippen LogP contribution in [0.5, 0.6) is 0 Å². The third kappa shape index (κ3) is 2.09. The third-order valence-corrected chi connectivity index (χ3v) is 3.59. The summed E-state index contributed by atoms with van der Waals surface area (Å²) in [6, 6.07) is 1.25. The molecule has 2 rings (SSSR count). The molecular formula is C10H16N2S. The quantitative estimate of drug-likeness (QED) is 0.801. The maximum Gasteiger partial charge on any atom is 0.109 e. The van der Waals surface area contributed by atoms with E-state index in [0.717, 1.165) is 12.5 Å². The molecule has 0 aromatic carbocycles. The van der Waals surface area contributed by atoms with Crippen LogP contribution in [0, 0.1) is 0 Å². The molecule has 1 aromatic rings. The molecule has 1 aliphatic carbocycles. The Hall–Kier alpha value is -0.410. The van der Waals surface area contributed by atoms with Crippen molar-refractivity contribution in [1.82, 2.24) is 10.3 Å². The van der Waals surface area contributed by atoms with Crippen LogP contribution in [0.3, 0.4) is 0 Å². The average Bonchev–Trinajstić information content (AvgIpc) is 2.55. The molecule has 0 radical (unpaired) electrons. The molecule has 1 atom stereocenters. The van der Waals surface area contributed by atoms with Crippen LogP contribution in [0.15, 0.2) is 11.6 Å². The highest BCUT2D eigenvalue weighted by molar-refractivity contribution is 7.09. The maximum absolute atomic E-state index is 4.35. The fraction of sp³-hybridized carbons (Fsp3) is 0.700. The topological polar surface area (TPSA) is 24.9 Å².